The van der Waals surface area contributed by atoms with Gasteiger partial charge in [-0.2, -0.15) is 5.10 Å². The molecule has 36 heavy (non-hydrogen) atoms. The van der Waals surface area contributed by atoms with Crippen molar-refractivity contribution in [3.63, 3.8) is 0 Å². The fourth-order valence-electron chi connectivity index (χ4n) is 5.84. The zero-order valence-corrected chi connectivity index (χ0v) is 20.5. The molecule has 3 heterocycles. The van der Waals surface area contributed by atoms with E-state index in [9.17, 15) is 9.18 Å². The number of aromatic nitrogens is 3. The predicted molar refractivity (Wildman–Crippen MR) is 139 cm³/mol. The van der Waals surface area contributed by atoms with Crippen LogP contribution in [0, 0.1) is 24.6 Å². The second-order valence-corrected chi connectivity index (χ2v) is 10.3. The Bertz CT molecular complexity index is 1490. The molecule has 182 valence electrons. The lowest BCUT2D eigenvalue weighted by molar-refractivity contribution is 0.0936. The lowest BCUT2D eigenvalue weighted by atomic mass is 9.78. The van der Waals surface area contributed by atoms with Crippen molar-refractivity contribution in [2.45, 2.75) is 52.1 Å². The summed E-state index contributed by atoms with van der Waals surface area (Å²) < 4.78 is 15.5. The topological polar surface area (TPSA) is 60.1 Å². The average molecular weight is 481 g/mol. The van der Waals surface area contributed by atoms with Gasteiger partial charge in [-0.1, -0.05) is 18.6 Å². The van der Waals surface area contributed by atoms with E-state index in [4.69, 9.17) is 4.99 Å². The smallest absolute Gasteiger partial charge is 0.163 e. The first-order valence-corrected chi connectivity index (χ1v) is 12.8. The van der Waals surface area contributed by atoms with Gasteiger partial charge in [-0.25, -0.2) is 4.39 Å². The highest BCUT2D eigenvalue weighted by Crippen LogP contribution is 2.34. The molecule has 0 saturated heterocycles. The maximum absolute atomic E-state index is 13.5. The zero-order chi connectivity index (χ0) is 24.6. The summed E-state index contributed by atoms with van der Waals surface area (Å²) in [7, 11) is 0. The van der Waals surface area contributed by atoms with E-state index in [-0.39, 0.29) is 11.6 Å². The van der Waals surface area contributed by atoms with Crippen LogP contribution in [-0.4, -0.2) is 26.3 Å². The molecular formula is C30H29FN4O. The highest BCUT2D eigenvalue weighted by atomic mass is 19.1. The van der Waals surface area contributed by atoms with Crippen molar-refractivity contribution >= 4 is 22.4 Å². The van der Waals surface area contributed by atoms with Gasteiger partial charge < -0.3 is 0 Å². The van der Waals surface area contributed by atoms with Crippen molar-refractivity contribution in [3.05, 3.63) is 94.7 Å². The number of hydrogen-bond donors (Lipinski definition) is 0. The van der Waals surface area contributed by atoms with Crippen molar-refractivity contribution in [1.29, 1.82) is 0 Å². The van der Waals surface area contributed by atoms with Crippen molar-refractivity contribution in [2.75, 3.05) is 0 Å². The molecule has 2 unspecified atom stereocenters. The van der Waals surface area contributed by atoms with E-state index in [1.54, 1.807) is 6.07 Å². The number of aliphatic imine (C=N–C) groups is 1. The summed E-state index contributed by atoms with van der Waals surface area (Å²) in [5.41, 5.74) is 6.79. The van der Waals surface area contributed by atoms with Crippen LogP contribution in [-0.2, 0) is 13.1 Å². The number of benzene rings is 2. The number of nitrogens with zero attached hydrogens (tertiary/aromatic N) is 4. The van der Waals surface area contributed by atoms with Crippen LogP contribution in [0.2, 0.25) is 0 Å². The average Bonchev–Trinajstić information content (AvgIpc) is 3.47. The summed E-state index contributed by atoms with van der Waals surface area (Å²) in [5, 5.41) is 5.45. The van der Waals surface area contributed by atoms with Gasteiger partial charge in [-0.3, -0.25) is 19.5 Å². The molecule has 1 aliphatic heterocycles. The monoisotopic (exact) mass is 480 g/mol. The Kier molecular flexibility index (Phi) is 5.96. The van der Waals surface area contributed by atoms with Crippen LogP contribution in [0.15, 0.2) is 65.9 Å². The quantitative estimate of drug-likeness (QED) is 0.304. The molecule has 0 radical (unpaired) electrons. The fourth-order valence-corrected chi connectivity index (χ4v) is 5.84. The number of Topliss-reactive ketones (excluding diaryl/α,β-unsaturated/α-hetero) is 1. The van der Waals surface area contributed by atoms with E-state index < -0.39 is 0 Å². The first-order valence-electron chi connectivity index (χ1n) is 12.8. The molecule has 0 bridgehead atoms. The van der Waals surface area contributed by atoms with Crippen LogP contribution in [0.25, 0.3) is 10.9 Å². The van der Waals surface area contributed by atoms with Crippen LogP contribution < -0.4 is 0 Å². The predicted octanol–water partition coefficient (Wildman–Crippen LogP) is 6.31. The molecule has 4 aromatic rings. The lowest BCUT2D eigenvalue weighted by Crippen LogP contribution is -2.22. The largest absolute Gasteiger partial charge is 0.294 e. The number of halogens is 1. The maximum atomic E-state index is 13.5. The van der Waals surface area contributed by atoms with E-state index in [0.717, 1.165) is 71.2 Å². The Hall–Kier alpha value is -3.67. The number of aryl methyl sites for hydroxylation is 1. The van der Waals surface area contributed by atoms with Crippen LogP contribution in [0.1, 0.15) is 64.8 Å². The molecule has 0 spiro atoms. The van der Waals surface area contributed by atoms with Gasteiger partial charge in [0.1, 0.15) is 5.82 Å². The van der Waals surface area contributed by atoms with Gasteiger partial charge in [-0.05, 0) is 80.0 Å². The molecule has 1 saturated carbocycles. The van der Waals surface area contributed by atoms with Gasteiger partial charge in [0.25, 0.3) is 0 Å². The van der Waals surface area contributed by atoms with E-state index in [2.05, 4.69) is 16.1 Å². The number of pyridine rings is 1. The molecule has 2 aromatic carbocycles. The number of carbonyl (C=O) groups excluding carboxylic acids is 1. The van der Waals surface area contributed by atoms with E-state index in [1.807, 2.05) is 48.3 Å². The van der Waals surface area contributed by atoms with Crippen molar-refractivity contribution in [1.82, 2.24) is 14.8 Å². The first-order chi connectivity index (χ1) is 17.5. The molecule has 6 heteroatoms. The Balaban J connectivity index is 1.13. The summed E-state index contributed by atoms with van der Waals surface area (Å²) in [4.78, 5) is 22.4. The minimum absolute atomic E-state index is 0.209. The fraction of sp³-hybridized carbons (Fsp3) is 0.333. The Morgan fingerprint density at radius 2 is 1.97 bits per heavy atom. The highest BCUT2D eigenvalue weighted by molar-refractivity contribution is 6.16. The van der Waals surface area contributed by atoms with E-state index in [0.29, 0.717) is 24.8 Å². The zero-order valence-electron chi connectivity index (χ0n) is 20.5. The number of ketones is 1. The van der Waals surface area contributed by atoms with Crippen molar-refractivity contribution < 1.29 is 9.18 Å². The third-order valence-electron chi connectivity index (χ3n) is 7.59. The van der Waals surface area contributed by atoms with Crippen LogP contribution in [0.5, 0.6) is 0 Å². The van der Waals surface area contributed by atoms with Crippen LogP contribution in [0.4, 0.5) is 4.39 Å². The molecular weight excluding hydrogens is 451 g/mol. The second kappa shape index (κ2) is 9.41. The molecule has 2 atom stereocenters. The van der Waals surface area contributed by atoms with Crippen molar-refractivity contribution in [2.24, 2.45) is 16.8 Å². The third kappa shape index (κ3) is 4.60. The van der Waals surface area contributed by atoms with E-state index >= 15 is 0 Å². The molecule has 5 nitrogen and oxygen atoms in total. The van der Waals surface area contributed by atoms with Crippen LogP contribution >= 0.6 is 0 Å². The Labute approximate surface area is 210 Å². The van der Waals surface area contributed by atoms with Gasteiger partial charge in [-0.15, -0.1) is 0 Å². The van der Waals surface area contributed by atoms with Gasteiger partial charge in [0, 0.05) is 53.1 Å². The highest BCUT2D eigenvalue weighted by Gasteiger charge is 2.26. The van der Waals surface area contributed by atoms with Gasteiger partial charge in [0.15, 0.2) is 5.78 Å². The molecule has 2 aliphatic rings. The number of fused-ring (bicyclic) bond motifs is 2. The molecule has 1 aliphatic carbocycles. The normalized spacial score (nSPS) is 19.3. The van der Waals surface area contributed by atoms with Gasteiger partial charge in [0.2, 0.25) is 0 Å². The van der Waals surface area contributed by atoms with Crippen molar-refractivity contribution in [3.8, 4) is 0 Å². The molecule has 6 rings (SSSR count). The summed E-state index contributed by atoms with van der Waals surface area (Å²) >= 11 is 0. The minimum Gasteiger partial charge on any atom is -0.294 e. The number of rotatable bonds is 6. The summed E-state index contributed by atoms with van der Waals surface area (Å²) in [6.45, 7) is 3.44. The standard InChI is InChI=1S/C30H29FN4O/c1-19-11-23(9-10-32-19)30-27-15-22(5-6-24(27)16-33-30)29(36)13-20-3-2-4-21(12-20)17-35-18-25-14-26(31)7-8-28(25)34-35/h5-11,14-15,18,20-21H,2-4,12-13,16-17H2,1H3. The summed E-state index contributed by atoms with van der Waals surface area (Å²) in [6.07, 6.45) is 8.68. The summed E-state index contributed by atoms with van der Waals surface area (Å²) in [5.74, 6) is 0.826. The third-order valence-corrected chi connectivity index (χ3v) is 7.59. The first kappa shape index (κ1) is 22.8. The van der Waals surface area contributed by atoms with Crippen LogP contribution in [0.3, 0.4) is 0 Å². The Morgan fingerprint density at radius 3 is 2.86 bits per heavy atom. The molecule has 0 N–H and O–H groups in total. The minimum atomic E-state index is -0.237. The number of hydrogen-bond acceptors (Lipinski definition) is 4. The molecule has 2 aromatic heterocycles. The Morgan fingerprint density at radius 1 is 1.08 bits per heavy atom. The summed E-state index contributed by atoms with van der Waals surface area (Å²) in [6, 6.07) is 14.8. The van der Waals surface area contributed by atoms with Gasteiger partial charge >= 0.3 is 0 Å². The number of carbonyl (C=O) groups is 1. The molecule has 0 amide bonds. The SMILES string of the molecule is Cc1cc(C2=NCc3ccc(C(=O)CC4CCCC(Cn5cc6cc(F)ccc6n5)C4)cc32)ccn1. The van der Waals surface area contributed by atoms with E-state index in [1.165, 1.54) is 17.7 Å². The maximum Gasteiger partial charge on any atom is 0.163 e. The second-order valence-electron chi connectivity index (χ2n) is 10.3. The van der Waals surface area contributed by atoms with Gasteiger partial charge in [0.05, 0.1) is 17.8 Å². The molecule has 1 fully saturated rings. The lowest BCUT2D eigenvalue weighted by Gasteiger charge is -2.28.